The van der Waals surface area contributed by atoms with Gasteiger partial charge < -0.3 is 0 Å². The van der Waals surface area contributed by atoms with Crippen LogP contribution in [0.3, 0.4) is 0 Å². The summed E-state index contributed by atoms with van der Waals surface area (Å²) in [5.41, 5.74) is 0. The van der Waals surface area contributed by atoms with E-state index in [1.807, 2.05) is 0 Å². The minimum Gasteiger partial charge on any atom is -0.251 e. The van der Waals surface area contributed by atoms with Crippen LogP contribution in [0.1, 0.15) is 116 Å². The number of hydrogen-bond donors (Lipinski definition) is 0. The molecular weight excluding hydrogens is 271 g/mol. The van der Waals surface area contributed by atoms with E-state index in [0.717, 1.165) is 12.8 Å². The highest BCUT2D eigenvalue weighted by Crippen LogP contribution is 2.18. The zero-order chi connectivity index (χ0) is 16.3. The molecule has 0 aliphatic carbocycles. The van der Waals surface area contributed by atoms with Gasteiger partial charge in [-0.05, 0) is 12.3 Å². The minimum atomic E-state index is -0.146. The highest BCUT2D eigenvalue weighted by molar-refractivity contribution is 4.62. The van der Waals surface area contributed by atoms with Crippen LogP contribution in [0, 0.1) is 12.8 Å². The third-order valence-electron chi connectivity index (χ3n) is 4.71. The second kappa shape index (κ2) is 19.0. The zero-order valence-corrected chi connectivity index (χ0v) is 15.4. The van der Waals surface area contributed by atoms with Gasteiger partial charge in [-0.2, -0.15) is 0 Å². The Balaban J connectivity index is 3.09. The van der Waals surface area contributed by atoms with Crippen LogP contribution in [0.25, 0.3) is 0 Å². The van der Waals surface area contributed by atoms with Crippen LogP contribution in [0.4, 0.5) is 4.39 Å². The van der Waals surface area contributed by atoms with Gasteiger partial charge in [-0.1, -0.05) is 117 Å². The van der Waals surface area contributed by atoms with E-state index in [2.05, 4.69) is 13.8 Å². The molecule has 0 spiro atoms. The van der Waals surface area contributed by atoms with Crippen molar-refractivity contribution in [1.29, 1.82) is 0 Å². The Morgan fingerprint density at radius 3 is 1.36 bits per heavy atom. The second-order valence-corrected chi connectivity index (χ2v) is 7.08. The SMILES string of the molecule is [CH2]C(CCCCCCF)CCCCCCCCCCCCC. The van der Waals surface area contributed by atoms with Gasteiger partial charge in [0.2, 0.25) is 0 Å². The number of rotatable bonds is 18. The molecule has 0 N–H and O–H groups in total. The van der Waals surface area contributed by atoms with E-state index in [0.29, 0.717) is 5.92 Å². The summed E-state index contributed by atoms with van der Waals surface area (Å²) in [6.07, 6.45) is 22.4. The van der Waals surface area contributed by atoms with E-state index >= 15 is 0 Å². The molecular formula is C21H42F. The summed E-state index contributed by atoms with van der Waals surface area (Å²) in [6, 6.07) is 0. The van der Waals surface area contributed by atoms with Crippen molar-refractivity contribution < 1.29 is 4.39 Å². The van der Waals surface area contributed by atoms with E-state index in [1.54, 1.807) is 0 Å². The predicted octanol–water partition coefficient (Wildman–Crippen LogP) is 8.06. The maximum atomic E-state index is 12.0. The molecule has 133 valence electrons. The quantitative estimate of drug-likeness (QED) is 0.224. The molecule has 0 rings (SSSR count). The molecule has 0 saturated heterocycles. The fourth-order valence-electron chi connectivity index (χ4n) is 3.12. The lowest BCUT2D eigenvalue weighted by Crippen LogP contribution is -1.95. The van der Waals surface area contributed by atoms with Crippen molar-refractivity contribution >= 4 is 0 Å². The molecule has 1 atom stereocenters. The van der Waals surface area contributed by atoms with Crippen molar-refractivity contribution in [3.8, 4) is 0 Å². The Labute approximate surface area is 140 Å². The first-order chi connectivity index (χ1) is 10.8. The van der Waals surface area contributed by atoms with Gasteiger partial charge >= 0.3 is 0 Å². The maximum absolute atomic E-state index is 12.0. The van der Waals surface area contributed by atoms with Gasteiger partial charge in [0.15, 0.2) is 0 Å². The van der Waals surface area contributed by atoms with Gasteiger partial charge in [0.25, 0.3) is 0 Å². The summed E-state index contributed by atoms with van der Waals surface area (Å²) in [5, 5.41) is 0. The predicted molar refractivity (Wildman–Crippen MR) is 99.0 cm³/mol. The van der Waals surface area contributed by atoms with Gasteiger partial charge in [0, 0.05) is 0 Å². The Morgan fingerprint density at radius 2 is 0.955 bits per heavy atom. The van der Waals surface area contributed by atoms with E-state index in [-0.39, 0.29) is 6.67 Å². The standard InChI is InChI=1S/C21H42F/c1-3-4-5-6-7-8-9-10-11-12-15-18-21(2)19-16-13-14-17-20-22/h21H,2-20H2,1H3. The second-order valence-electron chi connectivity index (χ2n) is 7.08. The van der Waals surface area contributed by atoms with E-state index in [4.69, 9.17) is 0 Å². The molecule has 0 amide bonds. The fraction of sp³-hybridized carbons (Fsp3) is 0.952. The van der Waals surface area contributed by atoms with Crippen molar-refractivity contribution in [2.75, 3.05) is 6.67 Å². The van der Waals surface area contributed by atoms with Crippen molar-refractivity contribution in [1.82, 2.24) is 0 Å². The number of hydrogen-bond acceptors (Lipinski definition) is 0. The Hall–Kier alpha value is -0.0700. The minimum absolute atomic E-state index is 0.146. The molecule has 0 aromatic rings. The fourth-order valence-corrected chi connectivity index (χ4v) is 3.12. The molecule has 0 aromatic carbocycles. The molecule has 0 heterocycles. The summed E-state index contributed by atoms with van der Waals surface area (Å²) < 4.78 is 12.0. The third-order valence-corrected chi connectivity index (χ3v) is 4.71. The van der Waals surface area contributed by atoms with Crippen LogP contribution in [0.5, 0.6) is 0 Å². The van der Waals surface area contributed by atoms with Gasteiger partial charge in [0.05, 0.1) is 6.67 Å². The van der Waals surface area contributed by atoms with Crippen molar-refractivity contribution in [2.45, 2.75) is 116 Å². The lowest BCUT2D eigenvalue weighted by Gasteiger charge is -2.10. The molecule has 22 heavy (non-hydrogen) atoms. The molecule has 0 aromatic heterocycles. The zero-order valence-electron chi connectivity index (χ0n) is 15.4. The maximum Gasteiger partial charge on any atom is 0.0894 e. The highest BCUT2D eigenvalue weighted by atomic mass is 19.1. The van der Waals surface area contributed by atoms with Crippen molar-refractivity contribution in [2.24, 2.45) is 5.92 Å². The van der Waals surface area contributed by atoms with E-state index in [9.17, 15) is 4.39 Å². The summed E-state index contributed by atoms with van der Waals surface area (Å²) in [5.74, 6) is 0.629. The Bertz CT molecular complexity index is 190. The molecule has 0 fully saturated rings. The lowest BCUT2D eigenvalue weighted by atomic mass is 9.96. The lowest BCUT2D eigenvalue weighted by molar-refractivity contribution is 0.433. The van der Waals surface area contributed by atoms with Crippen LogP contribution in [0.15, 0.2) is 0 Å². The Kier molecular flexibility index (Phi) is 18.9. The van der Waals surface area contributed by atoms with E-state index < -0.39 is 0 Å². The summed E-state index contributed by atoms with van der Waals surface area (Å²) in [6.45, 7) is 6.40. The van der Waals surface area contributed by atoms with Crippen molar-refractivity contribution in [3.63, 3.8) is 0 Å². The van der Waals surface area contributed by atoms with Gasteiger partial charge in [-0.25, -0.2) is 0 Å². The average molecular weight is 314 g/mol. The van der Waals surface area contributed by atoms with Crippen LogP contribution in [-0.2, 0) is 0 Å². The molecule has 1 heteroatoms. The largest absolute Gasteiger partial charge is 0.251 e. The molecule has 0 aliphatic rings. The first kappa shape index (κ1) is 21.9. The van der Waals surface area contributed by atoms with Crippen LogP contribution in [-0.4, -0.2) is 6.67 Å². The normalized spacial score (nSPS) is 12.7. The average Bonchev–Trinajstić information content (AvgIpc) is 2.52. The topological polar surface area (TPSA) is 0 Å². The number of halogens is 1. The van der Waals surface area contributed by atoms with E-state index in [1.165, 1.54) is 96.3 Å². The Morgan fingerprint density at radius 1 is 0.591 bits per heavy atom. The molecule has 0 bridgehead atoms. The van der Waals surface area contributed by atoms with Gasteiger partial charge in [0.1, 0.15) is 0 Å². The van der Waals surface area contributed by atoms with Crippen LogP contribution < -0.4 is 0 Å². The summed E-state index contributed by atoms with van der Waals surface area (Å²) >= 11 is 0. The van der Waals surface area contributed by atoms with Crippen molar-refractivity contribution in [3.05, 3.63) is 6.92 Å². The van der Waals surface area contributed by atoms with Gasteiger partial charge in [-0.15, -0.1) is 0 Å². The first-order valence-electron chi connectivity index (χ1n) is 10.2. The molecule has 0 saturated carbocycles. The highest BCUT2D eigenvalue weighted by Gasteiger charge is 2.02. The molecule has 1 radical (unpaired) electrons. The molecule has 1 unspecified atom stereocenters. The summed E-state index contributed by atoms with van der Waals surface area (Å²) in [7, 11) is 0. The van der Waals surface area contributed by atoms with Gasteiger partial charge in [-0.3, -0.25) is 4.39 Å². The number of alkyl halides is 1. The molecule has 0 nitrogen and oxygen atoms in total. The smallest absolute Gasteiger partial charge is 0.0894 e. The first-order valence-corrected chi connectivity index (χ1v) is 10.2. The molecule has 0 aliphatic heterocycles. The van der Waals surface area contributed by atoms with Crippen LogP contribution in [0.2, 0.25) is 0 Å². The monoisotopic (exact) mass is 313 g/mol. The summed E-state index contributed by atoms with van der Waals surface area (Å²) in [4.78, 5) is 0. The van der Waals surface area contributed by atoms with Crippen LogP contribution >= 0.6 is 0 Å². The number of unbranched alkanes of at least 4 members (excludes halogenated alkanes) is 13. The third kappa shape index (κ3) is 18.0.